The van der Waals surface area contributed by atoms with Crippen molar-refractivity contribution in [2.75, 3.05) is 11.1 Å². The van der Waals surface area contributed by atoms with E-state index in [1.54, 1.807) is 0 Å². The number of carbonyl (C=O) groups is 1. The van der Waals surface area contributed by atoms with Crippen LogP contribution in [0.25, 0.3) is 11.2 Å². The standard InChI is InChI=1S/C17H11ClF2N8OS/c18-12-9(20)5-22-17(25-12)27-14(29)11(7-1-3-8(19)4-2-7)30-15-10-13(24-6-23-10)26-16(21)28-15/h1-6,11H,(H,22,25,27,29)(H3,21,23,24,26,28)/t11-/m0/s1. The van der Waals surface area contributed by atoms with Gasteiger partial charge in [-0.3, -0.25) is 10.1 Å². The maximum absolute atomic E-state index is 13.4. The number of hydrogen-bond donors (Lipinski definition) is 3. The normalized spacial score (nSPS) is 12.1. The average molecular weight is 449 g/mol. The van der Waals surface area contributed by atoms with E-state index in [1.165, 1.54) is 30.6 Å². The van der Waals surface area contributed by atoms with Gasteiger partial charge in [0.05, 0.1) is 12.5 Å². The number of amides is 1. The van der Waals surface area contributed by atoms with Crippen LogP contribution >= 0.6 is 23.4 Å². The minimum absolute atomic E-state index is 0.0241. The second-order valence-corrected chi connectivity index (χ2v) is 7.31. The number of nitrogens with two attached hydrogens (primary N) is 1. The van der Waals surface area contributed by atoms with Crippen LogP contribution in [-0.2, 0) is 4.79 Å². The molecule has 0 saturated carbocycles. The molecular weight excluding hydrogens is 438 g/mol. The maximum atomic E-state index is 13.4. The number of anilines is 2. The number of nitrogens with one attached hydrogen (secondary N) is 2. The average Bonchev–Trinajstić information content (AvgIpc) is 3.18. The number of carbonyl (C=O) groups excluding carboxylic acids is 1. The van der Waals surface area contributed by atoms with Gasteiger partial charge in [0.25, 0.3) is 0 Å². The van der Waals surface area contributed by atoms with Crippen molar-refractivity contribution in [3.05, 3.63) is 59.1 Å². The Morgan fingerprint density at radius 3 is 2.67 bits per heavy atom. The van der Waals surface area contributed by atoms with E-state index in [4.69, 9.17) is 17.3 Å². The number of imidazole rings is 1. The summed E-state index contributed by atoms with van der Waals surface area (Å²) in [5, 5.41) is 1.48. The summed E-state index contributed by atoms with van der Waals surface area (Å²) in [7, 11) is 0. The second kappa shape index (κ2) is 8.16. The van der Waals surface area contributed by atoms with Gasteiger partial charge in [-0.25, -0.2) is 23.7 Å². The lowest BCUT2D eigenvalue weighted by molar-refractivity contribution is -0.115. The number of benzene rings is 1. The molecule has 0 aliphatic rings. The van der Waals surface area contributed by atoms with E-state index in [2.05, 4.69) is 35.2 Å². The maximum Gasteiger partial charge on any atom is 0.244 e. The molecule has 0 fully saturated rings. The van der Waals surface area contributed by atoms with Crippen LogP contribution < -0.4 is 11.1 Å². The predicted octanol–water partition coefficient (Wildman–Crippen LogP) is 3.13. The van der Waals surface area contributed by atoms with Crippen molar-refractivity contribution in [2.24, 2.45) is 0 Å². The summed E-state index contributed by atoms with van der Waals surface area (Å²) < 4.78 is 26.7. The van der Waals surface area contributed by atoms with Crippen LogP contribution in [0, 0.1) is 11.6 Å². The Bertz CT molecular complexity index is 1240. The molecule has 3 aromatic heterocycles. The van der Waals surface area contributed by atoms with Crippen molar-refractivity contribution in [3.8, 4) is 0 Å². The number of aromatic amines is 1. The summed E-state index contributed by atoms with van der Waals surface area (Å²) >= 11 is 6.68. The summed E-state index contributed by atoms with van der Waals surface area (Å²) in [6.45, 7) is 0. The molecule has 0 aliphatic carbocycles. The van der Waals surface area contributed by atoms with E-state index in [0.717, 1.165) is 18.0 Å². The largest absolute Gasteiger partial charge is 0.368 e. The Labute approximate surface area is 176 Å². The Morgan fingerprint density at radius 1 is 1.17 bits per heavy atom. The van der Waals surface area contributed by atoms with Gasteiger partial charge < -0.3 is 10.7 Å². The first-order chi connectivity index (χ1) is 14.4. The van der Waals surface area contributed by atoms with Crippen molar-refractivity contribution < 1.29 is 13.6 Å². The number of rotatable bonds is 5. The number of thioether (sulfide) groups is 1. The van der Waals surface area contributed by atoms with Gasteiger partial charge in [0.15, 0.2) is 16.6 Å². The van der Waals surface area contributed by atoms with E-state index in [-0.39, 0.29) is 11.9 Å². The van der Waals surface area contributed by atoms with E-state index >= 15 is 0 Å². The molecule has 3 heterocycles. The molecule has 1 atom stereocenters. The first kappa shape index (κ1) is 19.9. The van der Waals surface area contributed by atoms with E-state index < -0.39 is 27.9 Å². The van der Waals surface area contributed by atoms with Crippen LogP contribution in [-0.4, -0.2) is 35.8 Å². The lowest BCUT2D eigenvalue weighted by Gasteiger charge is -2.16. The first-order valence-corrected chi connectivity index (χ1v) is 9.54. The molecule has 13 heteroatoms. The monoisotopic (exact) mass is 448 g/mol. The molecule has 0 radical (unpaired) electrons. The fourth-order valence-corrected chi connectivity index (χ4v) is 3.74. The number of aromatic nitrogens is 6. The third-order valence-corrected chi connectivity index (χ3v) is 5.35. The highest BCUT2D eigenvalue weighted by atomic mass is 35.5. The van der Waals surface area contributed by atoms with Gasteiger partial charge >= 0.3 is 0 Å². The lowest BCUT2D eigenvalue weighted by atomic mass is 10.1. The van der Waals surface area contributed by atoms with Crippen LogP contribution in [0.15, 0.2) is 41.8 Å². The zero-order chi connectivity index (χ0) is 21.3. The number of fused-ring (bicyclic) bond motifs is 1. The van der Waals surface area contributed by atoms with Gasteiger partial charge in [-0.05, 0) is 17.7 Å². The molecule has 0 saturated heterocycles. The number of nitrogens with zero attached hydrogens (tertiary/aromatic N) is 5. The van der Waals surface area contributed by atoms with E-state index in [0.29, 0.717) is 21.8 Å². The second-order valence-electron chi connectivity index (χ2n) is 5.86. The third-order valence-electron chi connectivity index (χ3n) is 3.85. The van der Waals surface area contributed by atoms with Crippen LogP contribution in [0.2, 0.25) is 5.15 Å². The quantitative estimate of drug-likeness (QED) is 0.313. The Hall–Kier alpha value is -3.38. The zero-order valence-electron chi connectivity index (χ0n) is 14.8. The van der Waals surface area contributed by atoms with E-state index in [9.17, 15) is 13.6 Å². The van der Waals surface area contributed by atoms with Gasteiger partial charge in [0.1, 0.15) is 21.6 Å². The molecule has 4 aromatic rings. The van der Waals surface area contributed by atoms with Crippen molar-refractivity contribution in [1.29, 1.82) is 0 Å². The summed E-state index contributed by atoms with van der Waals surface area (Å²) in [6, 6.07) is 5.36. The summed E-state index contributed by atoms with van der Waals surface area (Å²) in [5.41, 5.74) is 7.02. The van der Waals surface area contributed by atoms with E-state index in [1.807, 2.05) is 0 Å². The molecule has 4 N–H and O–H groups in total. The van der Waals surface area contributed by atoms with Crippen LogP contribution in [0.1, 0.15) is 10.8 Å². The zero-order valence-corrected chi connectivity index (χ0v) is 16.4. The minimum atomic E-state index is -0.918. The summed E-state index contributed by atoms with van der Waals surface area (Å²) in [5.74, 6) is -2.06. The van der Waals surface area contributed by atoms with Gasteiger partial charge in [-0.2, -0.15) is 9.97 Å². The molecule has 0 unspecified atom stereocenters. The molecule has 9 nitrogen and oxygen atoms in total. The smallest absolute Gasteiger partial charge is 0.244 e. The van der Waals surface area contributed by atoms with Gasteiger partial charge in [-0.1, -0.05) is 35.5 Å². The predicted molar refractivity (Wildman–Crippen MR) is 107 cm³/mol. The van der Waals surface area contributed by atoms with Crippen molar-refractivity contribution in [3.63, 3.8) is 0 Å². The van der Waals surface area contributed by atoms with Crippen molar-refractivity contribution in [2.45, 2.75) is 10.3 Å². The SMILES string of the molecule is Nc1nc(S[C@H](C(=O)Nc2ncc(F)c(Cl)n2)c2ccc(F)cc2)c2[nH]cnc2n1. The first-order valence-electron chi connectivity index (χ1n) is 8.28. The highest BCUT2D eigenvalue weighted by Crippen LogP contribution is 2.38. The van der Waals surface area contributed by atoms with Crippen LogP contribution in [0.4, 0.5) is 20.7 Å². The fourth-order valence-electron chi connectivity index (χ4n) is 2.51. The molecule has 1 amide bonds. The molecule has 0 bridgehead atoms. The summed E-state index contributed by atoms with van der Waals surface area (Å²) in [6.07, 6.45) is 2.26. The topological polar surface area (TPSA) is 135 Å². The molecule has 30 heavy (non-hydrogen) atoms. The molecule has 4 rings (SSSR count). The summed E-state index contributed by atoms with van der Waals surface area (Å²) in [4.78, 5) is 35.5. The third kappa shape index (κ3) is 4.14. The van der Waals surface area contributed by atoms with Gasteiger partial charge in [-0.15, -0.1) is 0 Å². The molecule has 1 aromatic carbocycles. The van der Waals surface area contributed by atoms with Crippen molar-refractivity contribution >= 4 is 52.3 Å². The molecular formula is C17H11ClF2N8OS. The molecule has 0 aliphatic heterocycles. The Kier molecular flexibility index (Phi) is 5.42. The van der Waals surface area contributed by atoms with Gasteiger partial charge in [0.2, 0.25) is 17.8 Å². The highest BCUT2D eigenvalue weighted by molar-refractivity contribution is 8.00. The highest BCUT2D eigenvalue weighted by Gasteiger charge is 2.26. The van der Waals surface area contributed by atoms with Crippen LogP contribution in [0.5, 0.6) is 0 Å². The minimum Gasteiger partial charge on any atom is -0.368 e. The number of hydrogen-bond acceptors (Lipinski definition) is 8. The van der Waals surface area contributed by atoms with Crippen molar-refractivity contribution in [1.82, 2.24) is 29.9 Å². The Morgan fingerprint density at radius 2 is 1.93 bits per heavy atom. The molecule has 0 spiro atoms. The lowest BCUT2D eigenvalue weighted by Crippen LogP contribution is -2.21. The Balaban J connectivity index is 1.70. The fraction of sp³-hybridized carbons (Fsp3) is 0.0588. The number of halogens is 3. The van der Waals surface area contributed by atoms with Gasteiger partial charge in [0, 0.05) is 0 Å². The number of H-pyrrole nitrogens is 1. The van der Waals surface area contributed by atoms with Crippen LogP contribution in [0.3, 0.4) is 0 Å². The number of nitrogen functional groups attached to an aromatic ring is 1. The molecule has 152 valence electrons.